The molecule has 1 heterocycles. The number of ether oxygens (including phenoxy) is 2. The Hall–Kier alpha value is -1.82. The van der Waals surface area contributed by atoms with Gasteiger partial charge in [-0.3, -0.25) is 4.79 Å². The van der Waals surface area contributed by atoms with Crippen molar-refractivity contribution in [3.8, 4) is 5.88 Å². The largest absolute Gasteiger partial charge is 0.474 e. The predicted molar refractivity (Wildman–Crippen MR) is 95.0 cm³/mol. The van der Waals surface area contributed by atoms with Crippen LogP contribution in [0.5, 0.6) is 5.88 Å². The molecule has 2 rings (SSSR count). The lowest BCUT2D eigenvalue weighted by atomic mass is 10.1. The molecule has 0 radical (unpaired) electrons. The number of amides is 1. The molecule has 0 aliphatic heterocycles. The average Bonchev–Trinajstić information content (AvgIpc) is 2.56. The maximum atomic E-state index is 12.2. The predicted octanol–water partition coefficient (Wildman–Crippen LogP) is 3.98. The first-order valence-corrected chi connectivity index (χ1v) is 8.16. The highest BCUT2D eigenvalue weighted by Crippen LogP contribution is 2.23. The van der Waals surface area contributed by atoms with Crippen LogP contribution in [0.25, 0.3) is 0 Å². The summed E-state index contributed by atoms with van der Waals surface area (Å²) in [5.41, 5.74) is 1.40. The average molecular weight is 369 g/mol. The van der Waals surface area contributed by atoms with E-state index >= 15 is 0 Å². The summed E-state index contributed by atoms with van der Waals surface area (Å²) in [5, 5.41) is 3.93. The van der Waals surface area contributed by atoms with Crippen molar-refractivity contribution >= 4 is 34.8 Å². The first kappa shape index (κ1) is 18.5. The number of aryl methyl sites for hydroxylation is 1. The number of carbonyl (C=O) groups excluding carboxylic acids is 1. The number of benzene rings is 1. The van der Waals surface area contributed by atoms with Gasteiger partial charge in [-0.05, 0) is 36.2 Å². The maximum absolute atomic E-state index is 12.2. The second-order valence-corrected chi connectivity index (χ2v) is 5.82. The molecule has 2 aromatic rings. The van der Waals surface area contributed by atoms with Crippen molar-refractivity contribution in [2.45, 2.75) is 12.8 Å². The molecular formula is C17H18Cl2N2O3. The van der Waals surface area contributed by atoms with Crippen LogP contribution in [0.3, 0.4) is 0 Å². The molecule has 128 valence electrons. The van der Waals surface area contributed by atoms with Crippen LogP contribution in [0.4, 0.5) is 5.69 Å². The summed E-state index contributed by atoms with van der Waals surface area (Å²) in [6.45, 7) is 0.801. The van der Waals surface area contributed by atoms with E-state index in [1.807, 2.05) is 6.07 Å². The lowest BCUT2D eigenvalue weighted by molar-refractivity contribution is -0.116. The molecule has 0 aliphatic carbocycles. The summed E-state index contributed by atoms with van der Waals surface area (Å²) < 4.78 is 10.4. The third-order valence-corrected chi connectivity index (χ3v) is 3.79. The second-order valence-electron chi connectivity index (χ2n) is 4.98. The van der Waals surface area contributed by atoms with Crippen LogP contribution in [-0.2, 0) is 16.0 Å². The number of carbonyl (C=O) groups is 1. The monoisotopic (exact) mass is 368 g/mol. The molecule has 24 heavy (non-hydrogen) atoms. The molecule has 0 saturated carbocycles. The quantitative estimate of drug-likeness (QED) is 0.715. The highest BCUT2D eigenvalue weighted by Gasteiger charge is 2.10. The van der Waals surface area contributed by atoms with Crippen LogP contribution in [0.15, 0.2) is 36.5 Å². The van der Waals surface area contributed by atoms with Crippen LogP contribution >= 0.6 is 23.2 Å². The second kappa shape index (κ2) is 9.47. The van der Waals surface area contributed by atoms with Gasteiger partial charge in [0.1, 0.15) is 12.3 Å². The van der Waals surface area contributed by atoms with Gasteiger partial charge >= 0.3 is 0 Å². The third kappa shape index (κ3) is 5.67. The number of pyridine rings is 1. The Morgan fingerprint density at radius 1 is 1.25 bits per heavy atom. The molecule has 0 unspecified atom stereocenters. The number of halogens is 2. The van der Waals surface area contributed by atoms with Gasteiger partial charge < -0.3 is 14.8 Å². The maximum Gasteiger partial charge on any atom is 0.237 e. The highest BCUT2D eigenvalue weighted by molar-refractivity contribution is 6.35. The first-order chi connectivity index (χ1) is 11.6. The number of nitrogens with zero attached hydrogens (tertiary/aromatic N) is 1. The zero-order valence-corrected chi connectivity index (χ0v) is 14.7. The molecule has 0 spiro atoms. The molecule has 0 atom stereocenters. The third-order valence-electron chi connectivity index (χ3n) is 3.21. The topological polar surface area (TPSA) is 60.5 Å². The molecule has 1 aromatic heterocycles. The van der Waals surface area contributed by atoms with E-state index in [0.29, 0.717) is 41.2 Å². The van der Waals surface area contributed by atoms with E-state index in [1.165, 1.54) is 0 Å². The molecule has 5 nitrogen and oxygen atoms in total. The number of anilines is 1. The van der Waals surface area contributed by atoms with E-state index in [-0.39, 0.29) is 12.3 Å². The van der Waals surface area contributed by atoms with E-state index in [0.717, 1.165) is 5.56 Å². The van der Waals surface area contributed by atoms with Crippen molar-refractivity contribution in [3.05, 3.63) is 52.1 Å². The molecule has 0 fully saturated rings. The SMILES string of the molecule is COCCOc1ncccc1NC(=O)CCc1ccc(Cl)cc1Cl. The van der Waals surface area contributed by atoms with Crippen LogP contribution < -0.4 is 10.1 Å². The molecular weight excluding hydrogens is 351 g/mol. The lowest BCUT2D eigenvalue weighted by Gasteiger charge is -2.11. The standard InChI is InChI=1S/C17H18Cl2N2O3/c1-23-9-10-24-17-15(3-2-8-20-17)21-16(22)7-5-12-4-6-13(18)11-14(12)19/h2-4,6,8,11H,5,7,9-10H2,1H3,(H,21,22). The van der Waals surface area contributed by atoms with Gasteiger partial charge in [-0.1, -0.05) is 29.3 Å². The lowest BCUT2D eigenvalue weighted by Crippen LogP contribution is -2.14. The van der Waals surface area contributed by atoms with Gasteiger partial charge in [0.15, 0.2) is 0 Å². The first-order valence-electron chi connectivity index (χ1n) is 7.40. The Kier molecular flexibility index (Phi) is 7.31. The minimum Gasteiger partial charge on any atom is -0.474 e. The van der Waals surface area contributed by atoms with E-state index in [1.54, 1.807) is 37.6 Å². The van der Waals surface area contributed by atoms with Crippen molar-refractivity contribution in [2.75, 3.05) is 25.6 Å². The van der Waals surface area contributed by atoms with Crippen molar-refractivity contribution < 1.29 is 14.3 Å². The Bertz CT molecular complexity index is 695. The Labute approximate surface area is 150 Å². The number of rotatable bonds is 8. The summed E-state index contributed by atoms with van der Waals surface area (Å²) in [6.07, 6.45) is 2.40. The fraction of sp³-hybridized carbons (Fsp3) is 0.294. The van der Waals surface area contributed by atoms with Crippen molar-refractivity contribution in [1.82, 2.24) is 4.98 Å². The zero-order valence-electron chi connectivity index (χ0n) is 13.2. The van der Waals surface area contributed by atoms with Gasteiger partial charge in [0.25, 0.3) is 0 Å². The summed E-state index contributed by atoms with van der Waals surface area (Å²) in [7, 11) is 1.59. The van der Waals surface area contributed by atoms with Gasteiger partial charge in [0.2, 0.25) is 11.8 Å². The molecule has 0 saturated heterocycles. The van der Waals surface area contributed by atoms with E-state index in [4.69, 9.17) is 32.7 Å². The van der Waals surface area contributed by atoms with Crippen molar-refractivity contribution in [1.29, 1.82) is 0 Å². The van der Waals surface area contributed by atoms with Crippen LogP contribution in [0.2, 0.25) is 10.0 Å². The van der Waals surface area contributed by atoms with Gasteiger partial charge in [0.05, 0.1) is 6.61 Å². The van der Waals surface area contributed by atoms with Gasteiger partial charge in [-0.2, -0.15) is 0 Å². The Morgan fingerprint density at radius 3 is 2.83 bits per heavy atom. The molecule has 7 heteroatoms. The zero-order chi connectivity index (χ0) is 17.4. The molecule has 0 bridgehead atoms. The minimum absolute atomic E-state index is 0.148. The fourth-order valence-electron chi connectivity index (χ4n) is 2.01. The van der Waals surface area contributed by atoms with Crippen LogP contribution in [-0.4, -0.2) is 31.2 Å². The van der Waals surface area contributed by atoms with Crippen LogP contribution in [0.1, 0.15) is 12.0 Å². The van der Waals surface area contributed by atoms with E-state index in [2.05, 4.69) is 10.3 Å². The molecule has 0 aliphatic rings. The summed E-state index contributed by atoms with van der Waals surface area (Å²) in [5.74, 6) is 0.220. The Balaban J connectivity index is 1.92. The van der Waals surface area contributed by atoms with E-state index in [9.17, 15) is 4.79 Å². The number of hydrogen-bond acceptors (Lipinski definition) is 4. The molecule has 1 aromatic carbocycles. The van der Waals surface area contributed by atoms with Gasteiger partial charge in [-0.15, -0.1) is 0 Å². The van der Waals surface area contributed by atoms with Gasteiger partial charge in [-0.25, -0.2) is 4.98 Å². The summed E-state index contributed by atoms with van der Waals surface area (Å²) in [4.78, 5) is 16.3. The highest BCUT2D eigenvalue weighted by atomic mass is 35.5. The van der Waals surface area contributed by atoms with Crippen molar-refractivity contribution in [3.63, 3.8) is 0 Å². The number of aromatic nitrogens is 1. The number of methoxy groups -OCH3 is 1. The van der Waals surface area contributed by atoms with Crippen molar-refractivity contribution in [2.24, 2.45) is 0 Å². The molecule has 1 amide bonds. The molecule has 1 N–H and O–H groups in total. The summed E-state index contributed by atoms with van der Waals surface area (Å²) in [6, 6.07) is 8.71. The summed E-state index contributed by atoms with van der Waals surface area (Å²) >= 11 is 12.0. The number of hydrogen-bond donors (Lipinski definition) is 1. The fourth-order valence-corrected chi connectivity index (χ4v) is 2.51. The van der Waals surface area contributed by atoms with Crippen LogP contribution in [0, 0.1) is 0 Å². The number of nitrogens with one attached hydrogen (secondary N) is 1. The Morgan fingerprint density at radius 2 is 2.08 bits per heavy atom. The minimum atomic E-state index is -0.148. The van der Waals surface area contributed by atoms with E-state index < -0.39 is 0 Å². The smallest absolute Gasteiger partial charge is 0.237 e. The normalized spacial score (nSPS) is 10.5. The van der Waals surface area contributed by atoms with Gasteiger partial charge in [0, 0.05) is 29.8 Å².